The fraction of sp³-hybridized carbons (Fsp3) is 0.300. The Morgan fingerprint density at radius 3 is 2.81 bits per heavy atom. The van der Waals surface area contributed by atoms with Crippen molar-refractivity contribution in [2.24, 2.45) is 0 Å². The van der Waals surface area contributed by atoms with Gasteiger partial charge in [-0.25, -0.2) is 9.97 Å². The molecule has 0 radical (unpaired) electrons. The molecule has 0 amide bonds. The highest BCUT2D eigenvalue weighted by Gasteiger charge is 2.19. The Morgan fingerprint density at radius 1 is 1.11 bits per heavy atom. The zero-order chi connectivity index (χ0) is 18.5. The van der Waals surface area contributed by atoms with Crippen LogP contribution in [0, 0.1) is 0 Å². The largest absolute Gasteiger partial charge is 0.392 e. The van der Waals surface area contributed by atoms with Gasteiger partial charge in [-0.15, -0.1) is 0 Å². The summed E-state index contributed by atoms with van der Waals surface area (Å²) in [6.45, 7) is 3.29. The van der Waals surface area contributed by atoms with Crippen molar-refractivity contribution in [1.82, 2.24) is 24.8 Å². The predicted octanol–water partition coefficient (Wildman–Crippen LogP) is 2.08. The Balaban J connectivity index is 1.56. The van der Waals surface area contributed by atoms with Gasteiger partial charge in [-0.1, -0.05) is 6.07 Å². The fourth-order valence-corrected chi connectivity index (χ4v) is 3.17. The molecule has 1 atom stereocenters. The molecule has 1 saturated heterocycles. The van der Waals surface area contributed by atoms with Gasteiger partial charge in [0.2, 0.25) is 0 Å². The van der Waals surface area contributed by atoms with E-state index in [0.29, 0.717) is 5.82 Å². The predicted molar refractivity (Wildman–Crippen MR) is 104 cm³/mol. The lowest BCUT2D eigenvalue weighted by atomic mass is 10.2. The second-order valence-electron chi connectivity index (χ2n) is 6.59. The first-order chi connectivity index (χ1) is 13.3. The average Bonchev–Trinajstić information content (AvgIpc) is 3.14. The minimum Gasteiger partial charge on any atom is -0.392 e. The first-order valence-electron chi connectivity index (χ1n) is 9.13. The van der Waals surface area contributed by atoms with E-state index in [9.17, 15) is 5.11 Å². The van der Waals surface area contributed by atoms with Crippen LogP contribution in [-0.4, -0.2) is 62.2 Å². The molecular formula is C20H22N6O. The molecule has 138 valence electrons. The Bertz CT molecular complexity index is 816. The van der Waals surface area contributed by atoms with E-state index < -0.39 is 0 Å². The molecule has 4 heterocycles. The SMILES string of the molecule is O[C@@H]1CCN(CCNc2cc(-c3cccnc3)nc(-c3ccccn3)n2)C1. The maximum Gasteiger partial charge on any atom is 0.180 e. The summed E-state index contributed by atoms with van der Waals surface area (Å²) in [6.07, 6.45) is 5.93. The molecule has 0 aromatic carbocycles. The second-order valence-corrected chi connectivity index (χ2v) is 6.59. The molecule has 0 aliphatic carbocycles. The van der Waals surface area contributed by atoms with E-state index in [-0.39, 0.29) is 6.10 Å². The quantitative estimate of drug-likeness (QED) is 0.694. The normalized spacial score (nSPS) is 17.1. The molecule has 0 bridgehead atoms. The number of hydrogen-bond acceptors (Lipinski definition) is 7. The van der Waals surface area contributed by atoms with Gasteiger partial charge in [-0.2, -0.15) is 0 Å². The molecule has 27 heavy (non-hydrogen) atoms. The van der Waals surface area contributed by atoms with Crippen molar-refractivity contribution in [1.29, 1.82) is 0 Å². The van der Waals surface area contributed by atoms with E-state index in [2.05, 4.69) is 30.2 Å². The molecule has 0 spiro atoms. The summed E-state index contributed by atoms with van der Waals surface area (Å²) < 4.78 is 0. The van der Waals surface area contributed by atoms with Gasteiger partial charge in [0.1, 0.15) is 11.5 Å². The lowest BCUT2D eigenvalue weighted by molar-refractivity contribution is 0.177. The van der Waals surface area contributed by atoms with Gasteiger partial charge in [0.15, 0.2) is 5.82 Å². The van der Waals surface area contributed by atoms with Crippen molar-refractivity contribution in [3.05, 3.63) is 55.0 Å². The van der Waals surface area contributed by atoms with Crippen molar-refractivity contribution in [3.63, 3.8) is 0 Å². The van der Waals surface area contributed by atoms with E-state index >= 15 is 0 Å². The zero-order valence-electron chi connectivity index (χ0n) is 15.0. The van der Waals surface area contributed by atoms with Crippen molar-refractivity contribution in [2.75, 3.05) is 31.5 Å². The molecule has 1 aliphatic heterocycles. The van der Waals surface area contributed by atoms with E-state index in [1.165, 1.54) is 0 Å². The lowest BCUT2D eigenvalue weighted by Crippen LogP contribution is -2.28. The number of aliphatic hydroxyl groups excluding tert-OH is 1. The van der Waals surface area contributed by atoms with Crippen molar-refractivity contribution in [2.45, 2.75) is 12.5 Å². The van der Waals surface area contributed by atoms with Crippen molar-refractivity contribution >= 4 is 5.82 Å². The van der Waals surface area contributed by atoms with Crippen LogP contribution < -0.4 is 5.32 Å². The van der Waals surface area contributed by atoms with Crippen LogP contribution in [0.4, 0.5) is 5.82 Å². The molecule has 7 heteroatoms. The fourth-order valence-electron chi connectivity index (χ4n) is 3.17. The van der Waals surface area contributed by atoms with Crippen molar-refractivity contribution in [3.8, 4) is 22.8 Å². The number of pyridine rings is 2. The lowest BCUT2D eigenvalue weighted by Gasteiger charge is -2.16. The molecule has 0 saturated carbocycles. The van der Waals surface area contributed by atoms with Crippen LogP contribution in [-0.2, 0) is 0 Å². The van der Waals surface area contributed by atoms with Crippen LogP contribution in [0.15, 0.2) is 55.0 Å². The number of rotatable bonds is 6. The Morgan fingerprint density at radius 2 is 2.07 bits per heavy atom. The molecule has 2 N–H and O–H groups in total. The number of nitrogens with zero attached hydrogens (tertiary/aromatic N) is 5. The molecule has 1 aliphatic rings. The Hall–Kier alpha value is -2.90. The van der Waals surface area contributed by atoms with E-state index in [0.717, 1.165) is 55.4 Å². The number of hydrogen-bond donors (Lipinski definition) is 2. The Labute approximate surface area is 158 Å². The molecular weight excluding hydrogens is 340 g/mol. The monoisotopic (exact) mass is 362 g/mol. The van der Waals surface area contributed by atoms with Crippen molar-refractivity contribution < 1.29 is 5.11 Å². The molecule has 4 rings (SSSR count). The average molecular weight is 362 g/mol. The van der Waals surface area contributed by atoms with E-state index in [1.54, 1.807) is 18.6 Å². The third-order valence-corrected chi connectivity index (χ3v) is 4.56. The summed E-state index contributed by atoms with van der Waals surface area (Å²) in [6, 6.07) is 11.5. The summed E-state index contributed by atoms with van der Waals surface area (Å²) in [5.74, 6) is 1.33. The number of likely N-dealkylation sites (tertiary alicyclic amines) is 1. The third kappa shape index (κ3) is 4.45. The number of aromatic nitrogens is 4. The summed E-state index contributed by atoms with van der Waals surface area (Å²) >= 11 is 0. The summed E-state index contributed by atoms with van der Waals surface area (Å²) in [7, 11) is 0. The maximum atomic E-state index is 9.65. The van der Waals surface area contributed by atoms with Gasteiger partial charge >= 0.3 is 0 Å². The summed E-state index contributed by atoms with van der Waals surface area (Å²) in [4.78, 5) is 20.1. The van der Waals surface area contributed by atoms with Gasteiger partial charge in [0.05, 0.1) is 11.8 Å². The highest BCUT2D eigenvalue weighted by Crippen LogP contribution is 2.22. The maximum absolute atomic E-state index is 9.65. The van der Waals surface area contributed by atoms with Gasteiger partial charge in [0, 0.05) is 56.4 Å². The van der Waals surface area contributed by atoms with E-state index in [1.807, 2.05) is 36.4 Å². The van der Waals surface area contributed by atoms with Crippen LogP contribution in [0.1, 0.15) is 6.42 Å². The summed E-state index contributed by atoms with van der Waals surface area (Å²) in [5, 5.41) is 13.0. The molecule has 0 unspecified atom stereocenters. The molecule has 1 fully saturated rings. The third-order valence-electron chi connectivity index (χ3n) is 4.56. The Kier molecular flexibility index (Phi) is 5.32. The van der Waals surface area contributed by atoms with Crippen LogP contribution in [0.3, 0.4) is 0 Å². The molecule has 3 aromatic rings. The second kappa shape index (κ2) is 8.20. The first-order valence-corrected chi connectivity index (χ1v) is 9.13. The number of aliphatic hydroxyl groups is 1. The zero-order valence-corrected chi connectivity index (χ0v) is 15.0. The molecule has 7 nitrogen and oxygen atoms in total. The minimum absolute atomic E-state index is 0.197. The standard InChI is InChI=1S/C20H22N6O/c27-16-6-10-26(14-16)11-9-23-19-12-18(15-4-3-7-21-13-15)24-20(25-19)17-5-1-2-8-22-17/h1-5,7-8,12-13,16,27H,6,9-11,14H2,(H,23,24,25)/t16-/m1/s1. The molecule has 3 aromatic heterocycles. The van der Waals surface area contributed by atoms with E-state index in [4.69, 9.17) is 0 Å². The van der Waals surface area contributed by atoms with Crippen LogP contribution in [0.5, 0.6) is 0 Å². The van der Waals surface area contributed by atoms with Crippen LogP contribution in [0.2, 0.25) is 0 Å². The summed E-state index contributed by atoms with van der Waals surface area (Å²) in [5.41, 5.74) is 2.47. The van der Waals surface area contributed by atoms with Crippen LogP contribution in [0.25, 0.3) is 22.8 Å². The number of nitrogens with one attached hydrogen (secondary N) is 1. The van der Waals surface area contributed by atoms with Gasteiger partial charge in [-0.05, 0) is 30.7 Å². The van der Waals surface area contributed by atoms with Gasteiger partial charge in [-0.3, -0.25) is 14.9 Å². The first kappa shape index (κ1) is 17.5. The minimum atomic E-state index is -0.197. The smallest absolute Gasteiger partial charge is 0.180 e. The number of β-amino-alcohol motifs (C(OH)–C–C–N with tert-alkyl or cyclic N) is 1. The number of anilines is 1. The highest BCUT2D eigenvalue weighted by molar-refractivity contribution is 5.65. The topological polar surface area (TPSA) is 87.1 Å². The van der Waals surface area contributed by atoms with Crippen LogP contribution >= 0.6 is 0 Å². The highest BCUT2D eigenvalue weighted by atomic mass is 16.3. The van der Waals surface area contributed by atoms with Gasteiger partial charge in [0.25, 0.3) is 0 Å². The van der Waals surface area contributed by atoms with Gasteiger partial charge < -0.3 is 10.4 Å².